The number of hydrogen-bond acceptors (Lipinski definition) is 3. The maximum Gasteiger partial charge on any atom is 0.422 e. The summed E-state index contributed by atoms with van der Waals surface area (Å²) in [6, 6.07) is 2.83. The van der Waals surface area contributed by atoms with Crippen LogP contribution in [-0.4, -0.2) is 24.4 Å². The van der Waals surface area contributed by atoms with E-state index in [-0.39, 0.29) is 11.3 Å². The maximum atomic E-state index is 12.2. The molecule has 21 heavy (non-hydrogen) atoms. The first kappa shape index (κ1) is 17.8. The van der Waals surface area contributed by atoms with Crippen LogP contribution in [0.5, 0.6) is 5.75 Å². The molecule has 0 fully saturated rings. The van der Waals surface area contributed by atoms with Crippen LogP contribution in [0.3, 0.4) is 0 Å². The van der Waals surface area contributed by atoms with Crippen molar-refractivity contribution in [3.05, 3.63) is 27.7 Å². The molecule has 0 bridgehead atoms. The molecule has 0 aliphatic carbocycles. The molecule has 0 unspecified atom stereocenters. The van der Waals surface area contributed by atoms with Crippen molar-refractivity contribution in [1.82, 2.24) is 0 Å². The van der Waals surface area contributed by atoms with Crippen LogP contribution >= 0.6 is 15.9 Å². The third-order valence-corrected chi connectivity index (χ3v) is 3.02. The summed E-state index contributed by atoms with van der Waals surface area (Å²) in [5.41, 5.74) is -0.251. The summed E-state index contributed by atoms with van der Waals surface area (Å²) in [6.45, 7) is 5.22. The van der Waals surface area contributed by atoms with Crippen molar-refractivity contribution >= 4 is 21.9 Å². The van der Waals surface area contributed by atoms with Gasteiger partial charge < -0.3 is 9.47 Å². The van der Waals surface area contributed by atoms with Gasteiger partial charge in [0.05, 0.1) is 5.56 Å². The number of carbonyl (C=O) groups excluding carboxylic acids is 1. The maximum absolute atomic E-state index is 12.2. The third kappa shape index (κ3) is 5.57. The van der Waals surface area contributed by atoms with Gasteiger partial charge in [0.2, 0.25) is 0 Å². The highest BCUT2D eigenvalue weighted by Gasteiger charge is 2.29. The summed E-state index contributed by atoms with van der Waals surface area (Å²) >= 11 is 3.20. The lowest BCUT2D eigenvalue weighted by Crippen LogP contribution is -2.25. The van der Waals surface area contributed by atoms with Crippen LogP contribution in [-0.2, 0) is 4.74 Å². The fourth-order valence-corrected chi connectivity index (χ4v) is 2.15. The second kappa shape index (κ2) is 6.25. The molecule has 0 amide bonds. The van der Waals surface area contributed by atoms with Crippen molar-refractivity contribution < 1.29 is 27.4 Å². The van der Waals surface area contributed by atoms with E-state index >= 15 is 0 Å². The molecule has 0 heterocycles. The van der Waals surface area contributed by atoms with Crippen LogP contribution < -0.4 is 4.74 Å². The Morgan fingerprint density at radius 3 is 2.29 bits per heavy atom. The van der Waals surface area contributed by atoms with Gasteiger partial charge >= 0.3 is 12.1 Å². The molecule has 118 valence electrons. The van der Waals surface area contributed by atoms with Crippen molar-refractivity contribution in [2.75, 3.05) is 6.61 Å². The fraction of sp³-hybridized carbons (Fsp3) is 0.500. The van der Waals surface area contributed by atoms with Gasteiger partial charge in [-0.1, -0.05) is 0 Å². The van der Waals surface area contributed by atoms with Gasteiger partial charge in [-0.3, -0.25) is 0 Å². The van der Waals surface area contributed by atoms with Crippen LogP contribution in [0.1, 0.15) is 36.7 Å². The predicted octanol–water partition coefficient (Wildman–Crippen LogP) is 4.65. The van der Waals surface area contributed by atoms with Crippen molar-refractivity contribution in [3.63, 3.8) is 0 Å². The third-order valence-electron chi connectivity index (χ3n) is 2.36. The van der Waals surface area contributed by atoms with Crippen LogP contribution in [0.15, 0.2) is 16.6 Å². The molecule has 1 aromatic rings. The highest BCUT2D eigenvalue weighted by molar-refractivity contribution is 9.10. The van der Waals surface area contributed by atoms with E-state index in [0.717, 1.165) is 0 Å². The molecule has 0 atom stereocenters. The Hall–Kier alpha value is -1.24. The van der Waals surface area contributed by atoms with Gasteiger partial charge in [0.1, 0.15) is 11.4 Å². The topological polar surface area (TPSA) is 35.5 Å². The van der Waals surface area contributed by atoms with Gasteiger partial charge in [-0.2, -0.15) is 13.2 Å². The van der Waals surface area contributed by atoms with E-state index in [1.807, 2.05) is 0 Å². The quantitative estimate of drug-likeness (QED) is 0.728. The summed E-state index contributed by atoms with van der Waals surface area (Å²) < 4.78 is 47.0. The van der Waals surface area contributed by atoms with Crippen LogP contribution in [0, 0.1) is 6.92 Å². The first-order chi connectivity index (χ1) is 9.41. The second-order valence-corrected chi connectivity index (χ2v) is 6.31. The lowest BCUT2D eigenvalue weighted by Gasteiger charge is -2.21. The van der Waals surface area contributed by atoms with Crippen LogP contribution in [0.2, 0.25) is 0 Å². The zero-order chi connectivity index (χ0) is 16.4. The highest BCUT2D eigenvalue weighted by atomic mass is 79.9. The Balaban J connectivity index is 3.07. The minimum absolute atomic E-state index is 0.00335. The number of alkyl halides is 3. The van der Waals surface area contributed by atoms with E-state index in [0.29, 0.717) is 10.0 Å². The highest BCUT2D eigenvalue weighted by Crippen LogP contribution is 2.31. The zero-order valence-electron chi connectivity index (χ0n) is 12.1. The zero-order valence-corrected chi connectivity index (χ0v) is 13.7. The molecule has 1 rings (SSSR count). The molecule has 0 aliphatic heterocycles. The fourth-order valence-electron chi connectivity index (χ4n) is 1.56. The van der Waals surface area contributed by atoms with Gasteiger partial charge in [-0.05, 0) is 55.8 Å². The van der Waals surface area contributed by atoms with Gasteiger partial charge in [0.15, 0.2) is 6.61 Å². The smallest absolute Gasteiger partial charge is 0.422 e. The average Bonchev–Trinajstić information content (AvgIpc) is 2.24. The standard InChI is InChI=1S/C14H16BrF3O3/c1-8-10(20-7-14(16,17)18)6-5-9(15)11(8)12(19)21-13(2,3)4/h5-6H,7H2,1-4H3. The van der Waals surface area contributed by atoms with Gasteiger partial charge in [-0.25, -0.2) is 4.79 Å². The molecule has 0 radical (unpaired) electrons. The molecule has 0 aliphatic rings. The summed E-state index contributed by atoms with van der Waals surface area (Å²) in [7, 11) is 0. The minimum atomic E-state index is -4.44. The second-order valence-electron chi connectivity index (χ2n) is 5.45. The van der Waals surface area contributed by atoms with E-state index in [1.165, 1.54) is 19.1 Å². The first-order valence-electron chi connectivity index (χ1n) is 6.13. The Labute approximate surface area is 129 Å². The van der Waals surface area contributed by atoms with Crippen molar-refractivity contribution in [1.29, 1.82) is 0 Å². The van der Waals surface area contributed by atoms with Crippen molar-refractivity contribution in [3.8, 4) is 5.75 Å². The molecule has 0 spiro atoms. The average molecular weight is 369 g/mol. The number of ether oxygens (including phenoxy) is 2. The van der Waals surface area contributed by atoms with E-state index in [2.05, 4.69) is 15.9 Å². The largest absolute Gasteiger partial charge is 0.484 e. The lowest BCUT2D eigenvalue weighted by atomic mass is 10.1. The Bertz CT molecular complexity index is 533. The molecule has 1 aromatic carbocycles. The number of rotatable bonds is 3. The summed E-state index contributed by atoms with van der Waals surface area (Å²) in [6.07, 6.45) is -4.44. The van der Waals surface area contributed by atoms with Crippen LogP contribution in [0.4, 0.5) is 13.2 Å². The number of benzene rings is 1. The summed E-state index contributed by atoms with van der Waals surface area (Å²) in [4.78, 5) is 12.1. The number of esters is 1. The van der Waals surface area contributed by atoms with Crippen molar-refractivity contribution in [2.24, 2.45) is 0 Å². The van der Waals surface area contributed by atoms with Crippen LogP contribution in [0.25, 0.3) is 0 Å². The molecule has 0 saturated heterocycles. The number of hydrogen-bond donors (Lipinski definition) is 0. The monoisotopic (exact) mass is 368 g/mol. The Morgan fingerprint density at radius 2 is 1.81 bits per heavy atom. The van der Waals surface area contributed by atoms with Gasteiger partial charge in [0, 0.05) is 10.0 Å². The SMILES string of the molecule is Cc1c(OCC(F)(F)F)ccc(Br)c1C(=O)OC(C)(C)C. The lowest BCUT2D eigenvalue weighted by molar-refractivity contribution is -0.153. The van der Waals surface area contributed by atoms with E-state index < -0.39 is 24.4 Å². The predicted molar refractivity (Wildman–Crippen MR) is 75.6 cm³/mol. The molecule has 0 aromatic heterocycles. The summed E-state index contributed by atoms with van der Waals surface area (Å²) in [5, 5.41) is 0. The molecular weight excluding hydrogens is 353 g/mol. The minimum Gasteiger partial charge on any atom is -0.484 e. The molecule has 0 saturated carbocycles. The number of carbonyl (C=O) groups is 1. The Kier molecular flexibility index (Phi) is 5.30. The molecule has 3 nitrogen and oxygen atoms in total. The Morgan fingerprint density at radius 1 is 1.24 bits per heavy atom. The van der Waals surface area contributed by atoms with Crippen molar-refractivity contribution in [2.45, 2.75) is 39.5 Å². The first-order valence-corrected chi connectivity index (χ1v) is 6.92. The summed E-state index contributed by atoms with van der Waals surface area (Å²) in [5.74, 6) is -0.624. The van der Waals surface area contributed by atoms with E-state index in [1.54, 1.807) is 20.8 Å². The number of halogens is 4. The molecule has 7 heteroatoms. The molecular formula is C14H16BrF3O3. The van der Waals surface area contributed by atoms with Gasteiger partial charge in [-0.15, -0.1) is 0 Å². The normalized spacial score (nSPS) is 12.2. The molecule has 0 N–H and O–H groups in total. The van der Waals surface area contributed by atoms with E-state index in [4.69, 9.17) is 9.47 Å². The van der Waals surface area contributed by atoms with Gasteiger partial charge in [0.25, 0.3) is 0 Å². The van der Waals surface area contributed by atoms with E-state index in [9.17, 15) is 18.0 Å².